The molecular formula is C45H72N2O7. The van der Waals surface area contributed by atoms with Crippen molar-refractivity contribution in [3.8, 4) is 0 Å². The maximum Gasteiger partial charge on any atom is 0.328 e. The number of carboxylic acid groups (broad SMARTS) is 1. The van der Waals surface area contributed by atoms with E-state index in [2.05, 4.69) is 97.4 Å². The molecule has 0 heterocycles. The van der Waals surface area contributed by atoms with Gasteiger partial charge in [-0.2, -0.15) is 0 Å². The van der Waals surface area contributed by atoms with Crippen LogP contribution in [-0.4, -0.2) is 59.3 Å². The lowest BCUT2D eigenvalue weighted by Crippen LogP contribution is -2.47. The molecule has 0 aromatic carbocycles. The predicted molar refractivity (Wildman–Crippen MR) is 222 cm³/mol. The molecule has 0 aliphatic carbocycles. The Kier molecular flexibility index (Phi) is 35.9. The van der Waals surface area contributed by atoms with Crippen LogP contribution in [0.5, 0.6) is 0 Å². The fourth-order valence-electron chi connectivity index (χ4n) is 5.28. The molecule has 0 spiro atoms. The fourth-order valence-corrected chi connectivity index (χ4v) is 5.28. The monoisotopic (exact) mass is 753 g/mol. The number of carbonyl (C=O) groups is 4. The van der Waals surface area contributed by atoms with E-state index in [1.807, 2.05) is 12.2 Å². The Morgan fingerprint density at radius 1 is 0.574 bits per heavy atom. The van der Waals surface area contributed by atoms with Crippen LogP contribution in [-0.2, 0) is 23.9 Å². The van der Waals surface area contributed by atoms with Crippen molar-refractivity contribution in [2.24, 2.45) is 0 Å². The van der Waals surface area contributed by atoms with E-state index < -0.39 is 24.5 Å². The van der Waals surface area contributed by atoms with Gasteiger partial charge in [0.05, 0.1) is 13.2 Å². The number of carboxylic acids is 1. The van der Waals surface area contributed by atoms with Gasteiger partial charge in [0.25, 0.3) is 0 Å². The first-order valence-corrected chi connectivity index (χ1v) is 20.5. The molecule has 0 aliphatic heterocycles. The molecule has 54 heavy (non-hydrogen) atoms. The zero-order chi connectivity index (χ0) is 39.7. The average Bonchev–Trinajstić information content (AvgIpc) is 3.15. The molecule has 0 fully saturated rings. The summed E-state index contributed by atoms with van der Waals surface area (Å²) in [6.07, 6.45) is 49.1. The number of amides is 2. The van der Waals surface area contributed by atoms with E-state index >= 15 is 0 Å². The molecule has 2 amide bonds. The molecule has 0 radical (unpaired) electrons. The Bertz CT molecular complexity index is 1180. The van der Waals surface area contributed by atoms with E-state index in [1.165, 1.54) is 25.7 Å². The predicted octanol–water partition coefficient (Wildman–Crippen LogP) is 9.70. The number of allylic oxidation sites excluding steroid dienone is 13. The number of esters is 1. The van der Waals surface area contributed by atoms with Crippen molar-refractivity contribution in [2.75, 3.05) is 13.2 Å². The maximum absolute atomic E-state index is 12.7. The van der Waals surface area contributed by atoms with Crippen molar-refractivity contribution in [3.63, 3.8) is 0 Å². The van der Waals surface area contributed by atoms with Gasteiger partial charge in [-0.3, -0.25) is 14.4 Å². The Hall–Kier alpha value is -3.98. The molecule has 9 nitrogen and oxygen atoms in total. The highest BCUT2D eigenvalue weighted by molar-refractivity contribution is 5.87. The molecule has 0 aliphatic rings. The number of hydrogen-bond donors (Lipinski definition) is 4. The summed E-state index contributed by atoms with van der Waals surface area (Å²) in [7, 11) is 0. The highest BCUT2D eigenvalue weighted by Crippen LogP contribution is 2.14. The van der Waals surface area contributed by atoms with Gasteiger partial charge in [0, 0.05) is 12.8 Å². The topological polar surface area (TPSA) is 142 Å². The van der Waals surface area contributed by atoms with Crippen LogP contribution in [0.25, 0.3) is 0 Å². The number of carbonyl (C=O) groups excluding carboxylic acids is 3. The van der Waals surface area contributed by atoms with Crippen LogP contribution >= 0.6 is 0 Å². The molecule has 2 unspecified atom stereocenters. The Morgan fingerprint density at radius 3 is 1.61 bits per heavy atom. The Morgan fingerprint density at radius 2 is 1.06 bits per heavy atom. The van der Waals surface area contributed by atoms with Gasteiger partial charge in [-0.25, -0.2) is 4.79 Å². The van der Waals surface area contributed by atoms with Crippen molar-refractivity contribution in [1.82, 2.24) is 10.6 Å². The summed E-state index contributed by atoms with van der Waals surface area (Å²) in [6, 6.07) is -1.41. The van der Waals surface area contributed by atoms with Crippen molar-refractivity contribution in [2.45, 2.75) is 161 Å². The lowest BCUT2D eigenvalue weighted by molar-refractivity contribution is -0.147. The molecule has 4 N–H and O–H groups in total. The van der Waals surface area contributed by atoms with Crippen molar-refractivity contribution < 1.29 is 34.1 Å². The van der Waals surface area contributed by atoms with Crippen LogP contribution in [0.2, 0.25) is 0 Å². The van der Waals surface area contributed by atoms with Gasteiger partial charge in [0.1, 0.15) is 12.1 Å². The van der Waals surface area contributed by atoms with Gasteiger partial charge in [-0.15, -0.1) is 0 Å². The third-order valence-corrected chi connectivity index (χ3v) is 8.37. The third-order valence-electron chi connectivity index (χ3n) is 8.37. The summed E-state index contributed by atoms with van der Waals surface area (Å²) in [5.74, 6) is -2.52. The molecule has 0 bridgehead atoms. The number of hydrogen-bond acceptors (Lipinski definition) is 6. The van der Waals surface area contributed by atoms with Gasteiger partial charge in [-0.1, -0.05) is 131 Å². The number of unbranched alkanes of at least 4 members (excludes halogenated alkanes) is 9. The lowest BCUT2D eigenvalue weighted by atomic mass is 10.1. The Balaban J connectivity index is 4.48. The SMILES string of the molecule is CC/C=C\C/C=C\C/C=C\C/C=C\C(CCCCCC(=O)NCC(=O)NC(CO)C(=O)O)OC(=O)CCCCCCCCC/C=C\C/C=C\C/C=C\CC. The zero-order valence-electron chi connectivity index (χ0n) is 33.4. The molecule has 9 heteroatoms. The van der Waals surface area contributed by atoms with Crippen LogP contribution in [0.1, 0.15) is 149 Å². The van der Waals surface area contributed by atoms with Gasteiger partial charge in [0.2, 0.25) is 11.8 Å². The average molecular weight is 753 g/mol. The van der Waals surface area contributed by atoms with Gasteiger partial charge >= 0.3 is 11.9 Å². The minimum Gasteiger partial charge on any atom is -0.480 e. The molecule has 0 rings (SSSR count). The second-order valence-corrected chi connectivity index (χ2v) is 13.3. The molecule has 304 valence electrons. The maximum atomic E-state index is 12.7. The van der Waals surface area contributed by atoms with Crippen LogP contribution in [0, 0.1) is 0 Å². The summed E-state index contributed by atoms with van der Waals surface area (Å²) in [5.41, 5.74) is 0. The number of rotatable bonds is 35. The summed E-state index contributed by atoms with van der Waals surface area (Å²) in [5, 5.41) is 22.5. The molecule has 0 saturated heterocycles. The summed E-state index contributed by atoms with van der Waals surface area (Å²) in [6.45, 7) is 3.18. The molecular weight excluding hydrogens is 681 g/mol. The van der Waals surface area contributed by atoms with E-state index in [9.17, 15) is 19.2 Å². The number of ether oxygens (including phenoxy) is 1. The van der Waals surface area contributed by atoms with Crippen molar-refractivity contribution >= 4 is 23.8 Å². The number of aliphatic carboxylic acids is 1. The molecule has 0 saturated carbocycles. The van der Waals surface area contributed by atoms with E-state index in [0.29, 0.717) is 19.3 Å². The van der Waals surface area contributed by atoms with Gasteiger partial charge in [-0.05, 0) is 89.5 Å². The van der Waals surface area contributed by atoms with E-state index in [1.54, 1.807) is 0 Å². The fraction of sp³-hybridized carbons (Fsp3) is 0.600. The molecule has 0 aromatic heterocycles. The number of aliphatic hydroxyl groups excluding tert-OH is 1. The first kappa shape index (κ1) is 50.0. The largest absolute Gasteiger partial charge is 0.480 e. The van der Waals surface area contributed by atoms with Crippen LogP contribution in [0.3, 0.4) is 0 Å². The van der Waals surface area contributed by atoms with Crippen LogP contribution in [0.4, 0.5) is 0 Å². The van der Waals surface area contributed by atoms with Gasteiger partial charge < -0.3 is 25.6 Å². The van der Waals surface area contributed by atoms with E-state index in [4.69, 9.17) is 14.9 Å². The first-order valence-electron chi connectivity index (χ1n) is 20.5. The smallest absolute Gasteiger partial charge is 0.328 e. The van der Waals surface area contributed by atoms with Crippen molar-refractivity contribution in [3.05, 3.63) is 85.1 Å². The summed E-state index contributed by atoms with van der Waals surface area (Å²) >= 11 is 0. The number of nitrogens with one attached hydrogen (secondary N) is 2. The van der Waals surface area contributed by atoms with Gasteiger partial charge in [0.15, 0.2) is 0 Å². The van der Waals surface area contributed by atoms with E-state index in [-0.39, 0.29) is 30.9 Å². The third kappa shape index (κ3) is 35.1. The van der Waals surface area contributed by atoms with Crippen LogP contribution < -0.4 is 10.6 Å². The standard InChI is InChI=1S/C45H72N2O7/c1-3-5-7-9-11-13-15-16-17-18-19-20-22-24-26-28-33-37-44(51)54-40(34-30-27-25-23-21-14-12-10-8-6-4-2)35-31-29-32-36-42(49)46-38-43(50)47-41(39-48)45(52)53/h5-8,11-14,16-17,23,25,30,34,40-41,48H,3-4,9-10,15,18-22,24,26-29,31-33,35-39H2,1-2H3,(H,46,49)(H,47,50)(H,52,53)/b7-5-,8-6-,13-11-,14-12-,17-16-,25-23-,34-30-. The van der Waals surface area contributed by atoms with Crippen molar-refractivity contribution in [1.29, 1.82) is 0 Å². The van der Waals surface area contributed by atoms with Crippen LogP contribution in [0.15, 0.2) is 85.1 Å². The minimum absolute atomic E-state index is 0.175. The quantitative estimate of drug-likeness (QED) is 0.0287. The normalized spacial score (nSPS) is 13.4. The summed E-state index contributed by atoms with van der Waals surface area (Å²) < 4.78 is 5.86. The highest BCUT2D eigenvalue weighted by atomic mass is 16.5. The molecule has 0 aromatic rings. The second-order valence-electron chi connectivity index (χ2n) is 13.3. The summed E-state index contributed by atoms with van der Waals surface area (Å²) in [4.78, 5) is 47.6. The highest BCUT2D eigenvalue weighted by Gasteiger charge is 2.18. The Labute approximate surface area is 326 Å². The lowest BCUT2D eigenvalue weighted by Gasteiger charge is -2.15. The number of aliphatic hydroxyl groups is 1. The minimum atomic E-state index is -1.41. The second kappa shape index (κ2) is 38.7. The zero-order valence-corrected chi connectivity index (χ0v) is 33.4. The first-order chi connectivity index (χ1) is 26.3. The molecule has 2 atom stereocenters. The van der Waals surface area contributed by atoms with E-state index in [0.717, 1.165) is 83.5 Å².